The largest absolute Gasteiger partial charge is 0.243 e. The van der Waals surface area contributed by atoms with Gasteiger partial charge >= 0.3 is 0 Å². The Morgan fingerprint density at radius 2 is 2.18 bits per heavy atom. The van der Waals surface area contributed by atoms with Gasteiger partial charge in [-0.25, -0.2) is 17.8 Å². The number of fused-ring (bicyclic) bond motifs is 1. The normalized spacial score (nSPS) is 14.0. The third kappa shape index (κ3) is 2.29. The summed E-state index contributed by atoms with van der Waals surface area (Å²) in [6.45, 7) is 3.71. The third-order valence-corrected chi connectivity index (χ3v) is 4.13. The molecule has 0 radical (unpaired) electrons. The lowest BCUT2D eigenvalue weighted by molar-refractivity contribution is 0.315. The molecule has 0 aliphatic rings. The Hall–Kier alpha value is -1.47. The second kappa shape index (κ2) is 4.42. The quantitative estimate of drug-likeness (QED) is 0.890. The van der Waals surface area contributed by atoms with Crippen molar-refractivity contribution in [2.75, 3.05) is 0 Å². The average molecular weight is 255 g/mol. The number of hydrogen-bond donors (Lipinski definition) is 1. The molecule has 1 heterocycles. The molecule has 0 spiro atoms. The van der Waals surface area contributed by atoms with Crippen molar-refractivity contribution in [2.24, 2.45) is 0 Å². The summed E-state index contributed by atoms with van der Waals surface area (Å²) in [5, 5.41) is 7.23. The predicted octanol–water partition coefficient (Wildman–Crippen LogP) is 1.30. The average Bonchev–Trinajstić information content (AvgIpc) is 2.75. The van der Waals surface area contributed by atoms with Crippen molar-refractivity contribution >= 4 is 21.1 Å². The zero-order valence-corrected chi connectivity index (χ0v) is 10.4. The van der Waals surface area contributed by atoms with Crippen LogP contribution < -0.4 is 4.72 Å². The fraction of sp³-hybridized carbons (Fsp3) is 0.400. The zero-order chi connectivity index (χ0) is 12.5. The minimum Gasteiger partial charge on any atom is -0.243 e. The van der Waals surface area contributed by atoms with Crippen molar-refractivity contribution in [3.05, 3.63) is 18.2 Å². The van der Waals surface area contributed by atoms with Gasteiger partial charge in [0.05, 0.1) is 0 Å². The van der Waals surface area contributed by atoms with Crippen LogP contribution in [0.5, 0.6) is 0 Å². The molecule has 2 aromatic rings. The molecule has 0 saturated heterocycles. The third-order valence-electron chi connectivity index (χ3n) is 2.51. The molecule has 17 heavy (non-hydrogen) atoms. The van der Waals surface area contributed by atoms with Crippen molar-refractivity contribution in [3.8, 4) is 0 Å². The Morgan fingerprint density at radius 3 is 2.88 bits per heavy atom. The van der Waals surface area contributed by atoms with E-state index in [9.17, 15) is 8.42 Å². The summed E-state index contributed by atoms with van der Waals surface area (Å²) in [5.41, 5.74) is 0.681. The maximum absolute atomic E-state index is 12.1. The predicted molar refractivity (Wildman–Crippen MR) is 61.9 cm³/mol. The molecule has 0 bridgehead atoms. The number of nitrogens with zero attached hydrogens (tertiary/aromatic N) is 2. The van der Waals surface area contributed by atoms with E-state index < -0.39 is 10.0 Å². The van der Waals surface area contributed by atoms with Crippen LogP contribution in [0.15, 0.2) is 27.7 Å². The van der Waals surface area contributed by atoms with Crippen molar-refractivity contribution in [3.63, 3.8) is 0 Å². The molecule has 7 heteroatoms. The lowest BCUT2D eigenvalue weighted by Gasteiger charge is -2.11. The van der Waals surface area contributed by atoms with E-state index in [4.69, 9.17) is 0 Å². The zero-order valence-electron chi connectivity index (χ0n) is 9.54. The van der Waals surface area contributed by atoms with Gasteiger partial charge in [0.1, 0.15) is 10.4 Å². The smallest absolute Gasteiger partial charge is 0.243 e. The SMILES string of the molecule is CCC(C)NS(=O)(=O)c1cccc2nonc12. The van der Waals surface area contributed by atoms with Gasteiger partial charge in [-0.15, -0.1) is 0 Å². The molecule has 0 aliphatic carbocycles. The van der Waals surface area contributed by atoms with Crippen LogP contribution in [0.4, 0.5) is 0 Å². The lowest BCUT2D eigenvalue weighted by atomic mass is 10.3. The van der Waals surface area contributed by atoms with Crippen LogP contribution >= 0.6 is 0 Å². The van der Waals surface area contributed by atoms with Gasteiger partial charge in [0.15, 0.2) is 5.52 Å². The molecule has 0 saturated carbocycles. The van der Waals surface area contributed by atoms with Gasteiger partial charge in [0.25, 0.3) is 0 Å². The molecule has 0 aliphatic heterocycles. The first-order valence-corrected chi connectivity index (χ1v) is 6.76. The molecular formula is C10H13N3O3S. The summed E-state index contributed by atoms with van der Waals surface area (Å²) in [6, 6.07) is 4.61. The fourth-order valence-corrected chi connectivity index (χ4v) is 2.89. The molecule has 1 unspecified atom stereocenters. The Bertz CT molecular complexity index is 621. The summed E-state index contributed by atoms with van der Waals surface area (Å²) in [5.74, 6) is 0. The van der Waals surface area contributed by atoms with Crippen LogP contribution in [0.1, 0.15) is 20.3 Å². The summed E-state index contributed by atoms with van der Waals surface area (Å²) in [7, 11) is -3.58. The molecule has 6 nitrogen and oxygen atoms in total. The Balaban J connectivity index is 2.49. The van der Waals surface area contributed by atoms with Crippen LogP contribution in [-0.4, -0.2) is 24.8 Å². The minimum absolute atomic E-state index is 0.0940. The molecule has 1 aromatic carbocycles. The Morgan fingerprint density at radius 1 is 1.41 bits per heavy atom. The number of rotatable bonds is 4. The molecule has 0 amide bonds. The van der Waals surface area contributed by atoms with Crippen molar-refractivity contribution in [1.29, 1.82) is 0 Å². The highest BCUT2D eigenvalue weighted by molar-refractivity contribution is 7.89. The topological polar surface area (TPSA) is 85.1 Å². The van der Waals surface area contributed by atoms with Crippen LogP contribution in [0, 0.1) is 0 Å². The highest BCUT2D eigenvalue weighted by Gasteiger charge is 2.21. The highest BCUT2D eigenvalue weighted by Crippen LogP contribution is 2.19. The molecule has 1 aromatic heterocycles. The number of sulfonamides is 1. The lowest BCUT2D eigenvalue weighted by Crippen LogP contribution is -2.32. The number of nitrogens with one attached hydrogen (secondary N) is 1. The van der Waals surface area contributed by atoms with E-state index in [1.807, 2.05) is 6.92 Å². The van der Waals surface area contributed by atoms with E-state index in [0.717, 1.165) is 0 Å². The maximum Gasteiger partial charge on any atom is 0.243 e. The van der Waals surface area contributed by atoms with E-state index >= 15 is 0 Å². The summed E-state index contributed by atoms with van der Waals surface area (Å²) >= 11 is 0. The first-order valence-electron chi connectivity index (χ1n) is 5.28. The van der Waals surface area contributed by atoms with Crippen LogP contribution in [-0.2, 0) is 10.0 Å². The van der Waals surface area contributed by atoms with Crippen molar-refractivity contribution in [2.45, 2.75) is 31.2 Å². The van der Waals surface area contributed by atoms with E-state index in [0.29, 0.717) is 11.9 Å². The van der Waals surface area contributed by atoms with Crippen LogP contribution in [0.3, 0.4) is 0 Å². The van der Waals surface area contributed by atoms with Crippen LogP contribution in [0.25, 0.3) is 11.0 Å². The van der Waals surface area contributed by atoms with Gasteiger partial charge in [-0.3, -0.25) is 0 Å². The first kappa shape index (κ1) is 12.0. The van der Waals surface area contributed by atoms with Gasteiger partial charge in [0.2, 0.25) is 10.0 Å². The van der Waals surface area contributed by atoms with Crippen molar-refractivity contribution < 1.29 is 13.0 Å². The van der Waals surface area contributed by atoms with E-state index in [-0.39, 0.29) is 16.5 Å². The summed E-state index contributed by atoms with van der Waals surface area (Å²) in [4.78, 5) is 0.0940. The van der Waals surface area contributed by atoms with E-state index in [1.54, 1.807) is 19.1 Å². The summed E-state index contributed by atoms with van der Waals surface area (Å²) in [6.07, 6.45) is 0.715. The standard InChI is InChI=1S/C10H13N3O3S/c1-3-7(2)13-17(14,15)9-6-4-5-8-10(9)12-16-11-8/h4-7,13H,3H2,1-2H3. The Labute approximate surface area is 99.0 Å². The molecule has 1 atom stereocenters. The number of hydrogen-bond acceptors (Lipinski definition) is 5. The monoisotopic (exact) mass is 255 g/mol. The molecule has 2 rings (SSSR count). The van der Waals surface area contributed by atoms with Gasteiger partial charge in [0, 0.05) is 6.04 Å². The minimum atomic E-state index is -3.58. The van der Waals surface area contributed by atoms with E-state index in [1.165, 1.54) is 6.07 Å². The summed E-state index contributed by atoms with van der Waals surface area (Å²) < 4.78 is 31.3. The van der Waals surface area contributed by atoms with Gasteiger partial charge in [-0.05, 0) is 35.8 Å². The van der Waals surface area contributed by atoms with Crippen LogP contribution in [0.2, 0.25) is 0 Å². The maximum atomic E-state index is 12.1. The van der Waals surface area contributed by atoms with E-state index in [2.05, 4.69) is 19.7 Å². The van der Waals surface area contributed by atoms with Gasteiger partial charge in [-0.2, -0.15) is 0 Å². The molecule has 1 N–H and O–H groups in total. The molecule has 0 fully saturated rings. The van der Waals surface area contributed by atoms with Gasteiger partial charge < -0.3 is 0 Å². The Kier molecular flexibility index (Phi) is 3.12. The second-order valence-electron chi connectivity index (χ2n) is 3.82. The molecular weight excluding hydrogens is 242 g/mol. The first-order chi connectivity index (χ1) is 8.04. The molecule has 92 valence electrons. The van der Waals surface area contributed by atoms with Gasteiger partial charge in [-0.1, -0.05) is 13.0 Å². The number of aromatic nitrogens is 2. The fourth-order valence-electron chi connectivity index (χ4n) is 1.41. The second-order valence-corrected chi connectivity index (χ2v) is 5.50. The number of benzene rings is 1. The highest BCUT2D eigenvalue weighted by atomic mass is 32.2. The van der Waals surface area contributed by atoms with Crippen molar-refractivity contribution in [1.82, 2.24) is 15.0 Å².